The van der Waals surface area contributed by atoms with Crippen molar-refractivity contribution in [3.63, 3.8) is 0 Å². The molecule has 4 heteroatoms. The molecule has 2 N–H and O–H groups in total. The summed E-state index contributed by atoms with van der Waals surface area (Å²) in [5, 5.41) is 0. The Bertz CT molecular complexity index is 414. The molecule has 1 aromatic rings. The van der Waals surface area contributed by atoms with Crippen LogP contribution >= 0.6 is 15.9 Å². The molecule has 1 fully saturated rings. The number of halogens is 1. The van der Waals surface area contributed by atoms with Crippen LogP contribution in [0.25, 0.3) is 0 Å². The van der Waals surface area contributed by atoms with Crippen LogP contribution in [-0.2, 0) is 16.0 Å². The Kier molecular flexibility index (Phi) is 3.97. The highest BCUT2D eigenvalue weighted by Gasteiger charge is 2.35. The second-order valence-electron chi connectivity index (χ2n) is 4.50. The van der Waals surface area contributed by atoms with E-state index in [0.717, 1.165) is 10.0 Å². The number of hydrogen-bond acceptors (Lipinski definition) is 3. The van der Waals surface area contributed by atoms with Crippen molar-refractivity contribution in [1.82, 2.24) is 0 Å². The summed E-state index contributed by atoms with van der Waals surface area (Å²) in [7, 11) is 0. The van der Waals surface area contributed by atoms with Crippen molar-refractivity contribution in [2.45, 2.75) is 24.8 Å². The van der Waals surface area contributed by atoms with Gasteiger partial charge in [0.2, 0.25) is 0 Å². The predicted molar refractivity (Wildman–Crippen MR) is 69.8 cm³/mol. The number of nitrogens with two attached hydrogens (primary N) is 1. The van der Waals surface area contributed by atoms with Crippen LogP contribution in [0.15, 0.2) is 28.7 Å². The normalized spacial score (nSPS) is 18.9. The van der Waals surface area contributed by atoms with E-state index in [1.165, 1.54) is 0 Å². The van der Waals surface area contributed by atoms with Gasteiger partial charge in [-0.25, -0.2) is 0 Å². The van der Waals surface area contributed by atoms with E-state index >= 15 is 0 Å². The van der Waals surface area contributed by atoms with Gasteiger partial charge in [0.1, 0.15) is 0 Å². The molecule has 1 aliphatic heterocycles. The van der Waals surface area contributed by atoms with Gasteiger partial charge in [0.15, 0.2) is 5.78 Å². The van der Waals surface area contributed by atoms with E-state index in [9.17, 15) is 4.79 Å². The second kappa shape index (κ2) is 5.29. The molecule has 0 bridgehead atoms. The van der Waals surface area contributed by atoms with Crippen LogP contribution in [0, 0.1) is 0 Å². The quantitative estimate of drug-likeness (QED) is 0.929. The zero-order chi connectivity index (χ0) is 12.3. The summed E-state index contributed by atoms with van der Waals surface area (Å²) in [6.07, 6.45) is 1.65. The highest BCUT2D eigenvalue weighted by atomic mass is 79.9. The van der Waals surface area contributed by atoms with Crippen LogP contribution in [0.5, 0.6) is 0 Å². The van der Waals surface area contributed by atoms with Gasteiger partial charge in [-0.15, -0.1) is 0 Å². The SMILES string of the molecule is NC1(C(=O)Cc2cccc(Br)c2)CCOCC1. The molecule has 1 saturated heterocycles. The maximum atomic E-state index is 12.2. The van der Waals surface area contributed by atoms with Gasteiger partial charge in [0.05, 0.1) is 5.54 Å². The van der Waals surface area contributed by atoms with Crippen molar-refractivity contribution < 1.29 is 9.53 Å². The van der Waals surface area contributed by atoms with Gasteiger partial charge < -0.3 is 10.5 Å². The van der Waals surface area contributed by atoms with Gasteiger partial charge in [-0.2, -0.15) is 0 Å². The van der Waals surface area contributed by atoms with Gasteiger partial charge in [-0.3, -0.25) is 4.79 Å². The molecule has 92 valence electrons. The van der Waals surface area contributed by atoms with E-state index in [1.807, 2.05) is 24.3 Å². The van der Waals surface area contributed by atoms with E-state index < -0.39 is 5.54 Å². The van der Waals surface area contributed by atoms with Crippen molar-refractivity contribution >= 4 is 21.7 Å². The third-order valence-corrected chi connectivity index (χ3v) is 3.69. The maximum absolute atomic E-state index is 12.2. The van der Waals surface area contributed by atoms with E-state index in [-0.39, 0.29) is 5.78 Å². The summed E-state index contributed by atoms with van der Waals surface area (Å²) in [5.74, 6) is 0.110. The maximum Gasteiger partial charge on any atom is 0.157 e. The van der Waals surface area contributed by atoms with Gasteiger partial charge in [-0.1, -0.05) is 28.1 Å². The Morgan fingerprint density at radius 3 is 2.76 bits per heavy atom. The van der Waals surface area contributed by atoms with Crippen LogP contribution in [0.2, 0.25) is 0 Å². The first-order chi connectivity index (χ1) is 8.10. The van der Waals surface area contributed by atoms with E-state index in [2.05, 4.69) is 15.9 Å². The minimum atomic E-state index is -0.694. The van der Waals surface area contributed by atoms with E-state index in [1.54, 1.807) is 0 Å². The molecular weight excluding hydrogens is 282 g/mol. The lowest BCUT2D eigenvalue weighted by Crippen LogP contribution is -2.52. The standard InChI is InChI=1S/C13H16BrNO2/c14-11-3-1-2-10(8-11)9-12(16)13(15)4-6-17-7-5-13/h1-3,8H,4-7,9,15H2. The minimum Gasteiger partial charge on any atom is -0.381 e. The van der Waals surface area contributed by atoms with Crippen LogP contribution in [0.3, 0.4) is 0 Å². The largest absolute Gasteiger partial charge is 0.381 e. The molecule has 0 radical (unpaired) electrons. The molecule has 0 spiro atoms. The van der Waals surface area contributed by atoms with Gasteiger partial charge in [-0.05, 0) is 30.5 Å². The lowest BCUT2D eigenvalue weighted by Gasteiger charge is -2.31. The molecule has 0 atom stereocenters. The lowest BCUT2D eigenvalue weighted by molar-refractivity contribution is -0.126. The van der Waals surface area contributed by atoms with Crippen molar-refractivity contribution in [3.05, 3.63) is 34.3 Å². The van der Waals surface area contributed by atoms with Crippen molar-refractivity contribution in [2.24, 2.45) is 5.73 Å². The molecule has 1 aliphatic rings. The van der Waals surface area contributed by atoms with Crippen LogP contribution in [0.4, 0.5) is 0 Å². The fourth-order valence-electron chi connectivity index (χ4n) is 2.02. The fraction of sp³-hybridized carbons (Fsp3) is 0.462. The fourth-order valence-corrected chi connectivity index (χ4v) is 2.47. The number of ketones is 1. The third-order valence-electron chi connectivity index (χ3n) is 3.19. The second-order valence-corrected chi connectivity index (χ2v) is 5.41. The number of Topliss-reactive ketones (excluding diaryl/α,β-unsaturated/α-hetero) is 1. The molecule has 1 heterocycles. The summed E-state index contributed by atoms with van der Waals surface area (Å²) in [5.41, 5.74) is 6.45. The van der Waals surface area contributed by atoms with Crippen molar-refractivity contribution in [1.29, 1.82) is 0 Å². The monoisotopic (exact) mass is 297 g/mol. The average molecular weight is 298 g/mol. The highest BCUT2D eigenvalue weighted by molar-refractivity contribution is 9.10. The van der Waals surface area contributed by atoms with Crippen LogP contribution in [0.1, 0.15) is 18.4 Å². The molecule has 0 unspecified atom stereocenters. The Morgan fingerprint density at radius 1 is 1.41 bits per heavy atom. The number of carbonyl (C=O) groups excluding carboxylic acids is 1. The van der Waals surface area contributed by atoms with Crippen molar-refractivity contribution in [2.75, 3.05) is 13.2 Å². The highest BCUT2D eigenvalue weighted by Crippen LogP contribution is 2.21. The predicted octanol–water partition coefficient (Wildman–Crippen LogP) is 2.07. The Balaban J connectivity index is 2.05. The van der Waals surface area contributed by atoms with Gasteiger partial charge >= 0.3 is 0 Å². The lowest BCUT2D eigenvalue weighted by atomic mass is 9.84. The number of ether oxygens (including phenoxy) is 1. The molecule has 1 aromatic carbocycles. The number of rotatable bonds is 3. The molecule has 0 saturated carbocycles. The topological polar surface area (TPSA) is 52.3 Å². The number of hydrogen-bond donors (Lipinski definition) is 1. The van der Waals surface area contributed by atoms with Crippen LogP contribution < -0.4 is 5.73 Å². The molecular formula is C13H16BrNO2. The Morgan fingerprint density at radius 2 is 2.12 bits per heavy atom. The summed E-state index contributed by atoms with van der Waals surface area (Å²) in [6.45, 7) is 1.17. The molecule has 0 aromatic heterocycles. The average Bonchev–Trinajstić information content (AvgIpc) is 2.30. The summed E-state index contributed by atoms with van der Waals surface area (Å²) in [6, 6.07) is 7.78. The summed E-state index contributed by atoms with van der Waals surface area (Å²) in [4.78, 5) is 12.2. The van der Waals surface area contributed by atoms with Crippen molar-refractivity contribution in [3.8, 4) is 0 Å². The molecule has 3 nitrogen and oxygen atoms in total. The van der Waals surface area contributed by atoms with Gasteiger partial charge in [0, 0.05) is 24.1 Å². The first-order valence-electron chi connectivity index (χ1n) is 5.74. The Labute approximate surface area is 109 Å². The first-order valence-corrected chi connectivity index (χ1v) is 6.54. The molecule has 17 heavy (non-hydrogen) atoms. The number of benzene rings is 1. The van der Waals surface area contributed by atoms with E-state index in [0.29, 0.717) is 32.5 Å². The zero-order valence-electron chi connectivity index (χ0n) is 9.62. The third kappa shape index (κ3) is 3.15. The number of carbonyl (C=O) groups is 1. The molecule has 0 aliphatic carbocycles. The summed E-state index contributed by atoms with van der Waals surface area (Å²) >= 11 is 3.40. The van der Waals surface area contributed by atoms with Crippen LogP contribution in [-0.4, -0.2) is 24.5 Å². The molecule has 2 rings (SSSR count). The molecule has 0 amide bonds. The van der Waals surface area contributed by atoms with Gasteiger partial charge in [0.25, 0.3) is 0 Å². The Hall–Kier alpha value is -0.710. The smallest absolute Gasteiger partial charge is 0.157 e. The van der Waals surface area contributed by atoms with E-state index in [4.69, 9.17) is 10.5 Å². The summed E-state index contributed by atoms with van der Waals surface area (Å²) < 4.78 is 6.23. The zero-order valence-corrected chi connectivity index (χ0v) is 11.2. The minimum absolute atomic E-state index is 0.110. The first kappa shape index (κ1) is 12.7.